The molecule has 3 aromatic rings. The molecule has 1 fully saturated rings. The summed E-state index contributed by atoms with van der Waals surface area (Å²) in [7, 11) is 1.47. The molecule has 0 unspecified atom stereocenters. The molecule has 1 aromatic heterocycles. The Morgan fingerprint density at radius 1 is 1.10 bits per heavy atom. The van der Waals surface area contributed by atoms with Gasteiger partial charge in [0, 0.05) is 16.5 Å². The summed E-state index contributed by atoms with van der Waals surface area (Å²) in [6, 6.07) is 12.3. The Kier molecular flexibility index (Phi) is 5.95. The Labute approximate surface area is 179 Å². The van der Waals surface area contributed by atoms with Gasteiger partial charge in [-0.05, 0) is 43.2 Å². The van der Waals surface area contributed by atoms with Crippen LogP contribution >= 0.6 is 11.6 Å². The van der Waals surface area contributed by atoms with Crippen molar-refractivity contribution in [3.63, 3.8) is 0 Å². The highest BCUT2D eigenvalue weighted by molar-refractivity contribution is 6.31. The Bertz CT molecular complexity index is 1140. The van der Waals surface area contributed by atoms with E-state index in [0.717, 1.165) is 31.1 Å². The summed E-state index contributed by atoms with van der Waals surface area (Å²) in [5.41, 5.74) is 0.774. The number of benzene rings is 2. The molecular weight excluding hydrogens is 404 g/mol. The largest absolute Gasteiger partial charge is 0.496 e. The van der Waals surface area contributed by atoms with Crippen LogP contribution in [0, 0.1) is 0 Å². The van der Waals surface area contributed by atoms with Crippen LogP contribution in [0.15, 0.2) is 51.7 Å². The first-order valence-corrected chi connectivity index (χ1v) is 10.4. The summed E-state index contributed by atoms with van der Waals surface area (Å²) >= 11 is 6.06. The van der Waals surface area contributed by atoms with E-state index in [0.29, 0.717) is 22.0 Å². The molecular formula is C23H23ClN2O4. The number of ether oxygens (including phenoxy) is 1. The number of anilines is 2. The molecule has 1 heterocycles. The fourth-order valence-electron chi connectivity index (χ4n) is 3.90. The molecule has 0 radical (unpaired) electrons. The summed E-state index contributed by atoms with van der Waals surface area (Å²) in [6.07, 6.45) is 5.53. The van der Waals surface area contributed by atoms with Gasteiger partial charge in [0.2, 0.25) is 0 Å². The quantitative estimate of drug-likeness (QED) is 0.530. The van der Waals surface area contributed by atoms with Crippen LogP contribution in [0.5, 0.6) is 5.75 Å². The molecule has 0 bridgehead atoms. The van der Waals surface area contributed by atoms with E-state index >= 15 is 0 Å². The average Bonchev–Trinajstić information content (AvgIpc) is 2.76. The molecule has 2 aromatic carbocycles. The molecule has 0 atom stereocenters. The Hall–Kier alpha value is -2.99. The number of hydrogen-bond acceptors (Lipinski definition) is 5. The smallest absolute Gasteiger partial charge is 0.362 e. The third-order valence-electron chi connectivity index (χ3n) is 5.41. The molecule has 4 rings (SSSR count). The van der Waals surface area contributed by atoms with Gasteiger partial charge in [-0.15, -0.1) is 0 Å². The van der Waals surface area contributed by atoms with Gasteiger partial charge in [0.15, 0.2) is 5.69 Å². The van der Waals surface area contributed by atoms with Crippen LogP contribution in [0.25, 0.3) is 11.0 Å². The number of para-hydroxylation sites is 1. The van der Waals surface area contributed by atoms with E-state index < -0.39 is 11.5 Å². The van der Waals surface area contributed by atoms with Crippen LogP contribution in [0.1, 0.15) is 42.5 Å². The first-order chi connectivity index (χ1) is 14.6. The van der Waals surface area contributed by atoms with Crippen LogP contribution in [0.4, 0.5) is 11.4 Å². The molecule has 1 aliphatic rings. The number of rotatable bonds is 5. The standard InChI is InChI=1S/C23H23ClN2O4/c1-29-18-12-11-14(24)13-17(18)22(27)26-21-20(25-15-7-3-2-4-8-15)16-9-5-6-10-19(16)30-23(21)28/h5-6,9-13,15,25H,2-4,7-8H2,1H3,(H,26,27). The second-order valence-corrected chi connectivity index (χ2v) is 7.85. The lowest BCUT2D eigenvalue weighted by atomic mass is 9.95. The zero-order valence-corrected chi connectivity index (χ0v) is 17.4. The third kappa shape index (κ3) is 4.14. The highest BCUT2D eigenvalue weighted by atomic mass is 35.5. The van der Waals surface area contributed by atoms with Crippen LogP contribution in [0.3, 0.4) is 0 Å². The minimum Gasteiger partial charge on any atom is -0.496 e. The van der Waals surface area contributed by atoms with E-state index in [1.165, 1.54) is 19.6 Å². The van der Waals surface area contributed by atoms with E-state index in [1.54, 1.807) is 18.2 Å². The van der Waals surface area contributed by atoms with Crippen molar-refractivity contribution >= 4 is 39.9 Å². The average molecular weight is 427 g/mol. The van der Waals surface area contributed by atoms with Gasteiger partial charge in [-0.3, -0.25) is 4.79 Å². The van der Waals surface area contributed by atoms with Gasteiger partial charge in [-0.25, -0.2) is 4.79 Å². The predicted molar refractivity (Wildman–Crippen MR) is 119 cm³/mol. The minimum absolute atomic E-state index is 0.0892. The molecule has 0 aliphatic heterocycles. The summed E-state index contributed by atoms with van der Waals surface area (Å²) in [5.74, 6) is -0.132. The Morgan fingerprint density at radius 3 is 2.63 bits per heavy atom. The number of nitrogens with one attached hydrogen (secondary N) is 2. The highest BCUT2D eigenvalue weighted by Crippen LogP contribution is 2.32. The third-order valence-corrected chi connectivity index (χ3v) is 5.65. The summed E-state index contributed by atoms with van der Waals surface area (Å²) in [4.78, 5) is 25.8. The van der Waals surface area contributed by atoms with E-state index in [-0.39, 0.29) is 17.3 Å². The van der Waals surface area contributed by atoms with Gasteiger partial charge in [0.1, 0.15) is 11.3 Å². The lowest BCUT2D eigenvalue weighted by molar-refractivity contribution is 0.102. The fourth-order valence-corrected chi connectivity index (χ4v) is 4.07. The van der Waals surface area contributed by atoms with Gasteiger partial charge in [-0.2, -0.15) is 0 Å². The predicted octanol–water partition coefficient (Wildman–Crippen LogP) is 5.45. The van der Waals surface area contributed by atoms with Crippen molar-refractivity contribution in [2.75, 3.05) is 17.7 Å². The fraction of sp³-hybridized carbons (Fsp3) is 0.304. The Balaban J connectivity index is 1.77. The maximum Gasteiger partial charge on any atom is 0.362 e. The summed E-state index contributed by atoms with van der Waals surface area (Å²) < 4.78 is 10.7. The maximum absolute atomic E-state index is 13.0. The van der Waals surface area contributed by atoms with E-state index in [9.17, 15) is 9.59 Å². The van der Waals surface area contributed by atoms with Crippen molar-refractivity contribution in [3.05, 3.63) is 63.5 Å². The van der Waals surface area contributed by atoms with Crippen LogP contribution in [-0.4, -0.2) is 19.1 Å². The Morgan fingerprint density at radius 2 is 1.87 bits per heavy atom. The van der Waals surface area contributed by atoms with Gasteiger partial charge in [0.05, 0.1) is 18.4 Å². The summed E-state index contributed by atoms with van der Waals surface area (Å²) in [5, 5.41) is 7.37. The minimum atomic E-state index is -0.610. The normalized spacial score (nSPS) is 14.5. The van der Waals surface area contributed by atoms with Crippen molar-refractivity contribution < 1.29 is 13.9 Å². The molecule has 1 aliphatic carbocycles. The van der Waals surface area contributed by atoms with Crippen molar-refractivity contribution in [2.45, 2.75) is 38.1 Å². The SMILES string of the molecule is COc1ccc(Cl)cc1C(=O)Nc1c(NC2CCCCC2)c2ccccc2oc1=O. The maximum atomic E-state index is 13.0. The molecule has 2 N–H and O–H groups in total. The zero-order valence-electron chi connectivity index (χ0n) is 16.7. The van der Waals surface area contributed by atoms with E-state index in [4.69, 9.17) is 20.8 Å². The second-order valence-electron chi connectivity index (χ2n) is 7.41. The molecule has 6 nitrogen and oxygen atoms in total. The van der Waals surface area contributed by atoms with Crippen LogP contribution in [-0.2, 0) is 0 Å². The van der Waals surface area contributed by atoms with Gasteiger partial charge in [0.25, 0.3) is 5.91 Å². The molecule has 1 amide bonds. The number of amides is 1. The molecule has 0 saturated heterocycles. The number of methoxy groups -OCH3 is 1. The van der Waals surface area contributed by atoms with Crippen LogP contribution < -0.4 is 21.0 Å². The topological polar surface area (TPSA) is 80.6 Å². The van der Waals surface area contributed by atoms with E-state index in [1.807, 2.05) is 18.2 Å². The highest BCUT2D eigenvalue weighted by Gasteiger charge is 2.22. The number of fused-ring (bicyclic) bond motifs is 1. The summed E-state index contributed by atoms with van der Waals surface area (Å²) in [6.45, 7) is 0. The van der Waals surface area contributed by atoms with Crippen molar-refractivity contribution in [3.8, 4) is 5.75 Å². The van der Waals surface area contributed by atoms with E-state index in [2.05, 4.69) is 10.6 Å². The lowest BCUT2D eigenvalue weighted by Gasteiger charge is -2.25. The molecule has 7 heteroatoms. The molecule has 1 saturated carbocycles. The van der Waals surface area contributed by atoms with Crippen molar-refractivity contribution in [1.29, 1.82) is 0 Å². The first-order valence-electron chi connectivity index (χ1n) is 10.0. The van der Waals surface area contributed by atoms with Gasteiger partial charge < -0.3 is 19.8 Å². The number of carbonyl (C=O) groups is 1. The number of carbonyl (C=O) groups excluding carboxylic acids is 1. The van der Waals surface area contributed by atoms with Crippen LogP contribution in [0.2, 0.25) is 5.02 Å². The second kappa shape index (κ2) is 8.79. The van der Waals surface area contributed by atoms with Crippen molar-refractivity contribution in [2.24, 2.45) is 0 Å². The molecule has 156 valence electrons. The van der Waals surface area contributed by atoms with Gasteiger partial charge >= 0.3 is 5.63 Å². The lowest BCUT2D eigenvalue weighted by Crippen LogP contribution is -2.26. The first kappa shape index (κ1) is 20.3. The number of halogens is 1. The molecule has 30 heavy (non-hydrogen) atoms. The number of hydrogen-bond donors (Lipinski definition) is 2. The van der Waals surface area contributed by atoms with Crippen molar-refractivity contribution in [1.82, 2.24) is 0 Å². The zero-order chi connectivity index (χ0) is 21.1. The monoisotopic (exact) mass is 426 g/mol. The van der Waals surface area contributed by atoms with Gasteiger partial charge in [-0.1, -0.05) is 43.0 Å². The molecule has 0 spiro atoms.